The molecule has 0 saturated carbocycles. The summed E-state index contributed by atoms with van der Waals surface area (Å²) in [6.07, 6.45) is 0. The molecule has 0 aromatic carbocycles. The highest BCUT2D eigenvalue weighted by Crippen LogP contribution is 2.06. The van der Waals surface area contributed by atoms with Crippen molar-refractivity contribution in [3.8, 4) is 0 Å². The van der Waals surface area contributed by atoms with E-state index in [1.165, 1.54) is 0 Å². The van der Waals surface area contributed by atoms with E-state index in [1.54, 1.807) is 6.92 Å². The molecule has 0 aromatic rings. The van der Waals surface area contributed by atoms with Gasteiger partial charge in [-0.3, -0.25) is 0 Å². The van der Waals surface area contributed by atoms with E-state index in [2.05, 4.69) is 0 Å². The second-order valence-corrected chi connectivity index (χ2v) is 4.46. The van der Waals surface area contributed by atoms with E-state index in [4.69, 9.17) is 5.14 Å². The molecule has 0 bridgehead atoms. The second kappa shape index (κ2) is 2.66. The maximum Gasteiger partial charge on any atom is 0.211 e. The van der Waals surface area contributed by atoms with Crippen LogP contribution in [0.5, 0.6) is 0 Å². The Labute approximate surface area is 56.3 Å². The van der Waals surface area contributed by atoms with Gasteiger partial charge >= 0.3 is 0 Å². The molecule has 2 N–H and O–H groups in total. The quantitative estimate of drug-likeness (QED) is 0.617. The number of hydrogen-bond acceptors (Lipinski definition) is 2. The third kappa shape index (κ3) is 2.81. The summed E-state index contributed by atoms with van der Waals surface area (Å²) in [5, 5.41) is 4.42. The van der Waals surface area contributed by atoms with E-state index in [-0.39, 0.29) is 5.92 Å². The monoisotopic (exact) mass is 151 g/mol. The highest BCUT2D eigenvalue weighted by atomic mass is 32.2. The predicted molar refractivity (Wildman–Crippen MR) is 37.4 cm³/mol. The molecule has 0 heterocycles. The smallest absolute Gasteiger partial charge is 0.211 e. The third-order valence-corrected chi connectivity index (χ3v) is 3.04. The van der Waals surface area contributed by atoms with Gasteiger partial charge in [0.1, 0.15) is 0 Å². The van der Waals surface area contributed by atoms with Gasteiger partial charge in [-0.2, -0.15) is 0 Å². The van der Waals surface area contributed by atoms with Gasteiger partial charge in [0, 0.05) is 0 Å². The molecule has 4 heteroatoms. The SMILES string of the molecule is CC(C)C(C)S(N)(=O)=O. The van der Waals surface area contributed by atoms with Gasteiger partial charge in [-0.05, 0) is 12.8 Å². The normalized spacial score (nSPS) is 16.1. The van der Waals surface area contributed by atoms with Crippen molar-refractivity contribution in [3.63, 3.8) is 0 Å². The summed E-state index contributed by atoms with van der Waals surface area (Å²) in [6, 6.07) is 0. The van der Waals surface area contributed by atoms with Gasteiger partial charge in [0.15, 0.2) is 0 Å². The van der Waals surface area contributed by atoms with Crippen molar-refractivity contribution < 1.29 is 8.42 Å². The van der Waals surface area contributed by atoms with Gasteiger partial charge in [0.2, 0.25) is 10.0 Å². The Morgan fingerprint density at radius 3 is 1.56 bits per heavy atom. The maximum atomic E-state index is 10.6. The molecule has 0 aliphatic rings. The lowest BCUT2D eigenvalue weighted by Crippen LogP contribution is -2.29. The molecule has 1 unspecified atom stereocenters. The van der Waals surface area contributed by atoms with Crippen molar-refractivity contribution in [1.82, 2.24) is 0 Å². The fourth-order valence-corrected chi connectivity index (χ4v) is 1.14. The molecule has 56 valence electrons. The van der Waals surface area contributed by atoms with Crippen molar-refractivity contribution in [3.05, 3.63) is 0 Å². The van der Waals surface area contributed by atoms with Crippen LogP contribution in [0.4, 0.5) is 0 Å². The molecule has 0 rings (SSSR count). The first-order valence-electron chi connectivity index (χ1n) is 2.87. The maximum absolute atomic E-state index is 10.6. The molecule has 0 saturated heterocycles. The fourth-order valence-electron chi connectivity index (χ4n) is 0.379. The molecule has 1 atom stereocenters. The minimum absolute atomic E-state index is 0.0972. The highest BCUT2D eigenvalue weighted by molar-refractivity contribution is 7.89. The molecule has 0 aromatic heterocycles. The Bertz CT molecular complexity index is 171. The first-order valence-corrected chi connectivity index (χ1v) is 4.48. The molecule has 0 aliphatic carbocycles. The number of primary sulfonamides is 1. The van der Waals surface area contributed by atoms with E-state index < -0.39 is 15.3 Å². The zero-order chi connectivity index (χ0) is 7.65. The van der Waals surface area contributed by atoms with Crippen LogP contribution in [-0.2, 0) is 10.0 Å². The van der Waals surface area contributed by atoms with Crippen LogP contribution in [0.1, 0.15) is 20.8 Å². The average molecular weight is 151 g/mol. The second-order valence-electron chi connectivity index (χ2n) is 2.54. The Balaban J connectivity index is 4.24. The first-order chi connectivity index (χ1) is 3.85. The Morgan fingerprint density at radius 2 is 1.56 bits per heavy atom. The number of rotatable bonds is 2. The standard InChI is InChI=1S/C5H13NO2S/c1-4(2)5(3)9(6,7)8/h4-5H,1-3H3,(H2,6,7,8). The number of hydrogen-bond donors (Lipinski definition) is 1. The Kier molecular flexibility index (Phi) is 2.64. The molecular weight excluding hydrogens is 138 g/mol. The lowest BCUT2D eigenvalue weighted by molar-refractivity contribution is 0.547. The molecule has 0 fully saturated rings. The lowest BCUT2D eigenvalue weighted by atomic mass is 10.2. The molecule has 0 radical (unpaired) electrons. The van der Waals surface area contributed by atoms with Gasteiger partial charge in [-0.25, -0.2) is 13.6 Å². The van der Waals surface area contributed by atoms with Crippen molar-refractivity contribution in [2.24, 2.45) is 11.1 Å². The van der Waals surface area contributed by atoms with Crippen LogP contribution in [0.25, 0.3) is 0 Å². The largest absolute Gasteiger partial charge is 0.228 e. The van der Waals surface area contributed by atoms with Gasteiger partial charge in [-0.1, -0.05) is 13.8 Å². The van der Waals surface area contributed by atoms with Gasteiger partial charge in [0.25, 0.3) is 0 Å². The van der Waals surface area contributed by atoms with Crippen LogP contribution in [0, 0.1) is 5.92 Å². The Morgan fingerprint density at radius 1 is 1.22 bits per heavy atom. The van der Waals surface area contributed by atoms with Crippen molar-refractivity contribution in [2.45, 2.75) is 26.0 Å². The van der Waals surface area contributed by atoms with Crippen LogP contribution in [0.15, 0.2) is 0 Å². The van der Waals surface area contributed by atoms with Crippen LogP contribution in [0.2, 0.25) is 0 Å². The summed E-state index contributed by atoms with van der Waals surface area (Å²) >= 11 is 0. The third-order valence-electron chi connectivity index (χ3n) is 1.46. The zero-order valence-corrected chi connectivity index (χ0v) is 6.77. The van der Waals surface area contributed by atoms with Crippen LogP contribution in [-0.4, -0.2) is 13.7 Å². The van der Waals surface area contributed by atoms with Crippen molar-refractivity contribution in [1.29, 1.82) is 0 Å². The Hall–Kier alpha value is -0.0900. The van der Waals surface area contributed by atoms with Crippen LogP contribution < -0.4 is 5.14 Å². The minimum atomic E-state index is -3.30. The summed E-state index contributed by atoms with van der Waals surface area (Å²) in [5.41, 5.74) is 0. The average Bonchev–Trinajstić information content (AvgIpc) is 1.62. The highest BCUT2D eigenvalue weighted by Gasteiger charge is 2.18. The van der Waals surface area contributed by atoms with E-state index in [9.17, 15) is 8.42 Å². The summed E-state index contributed by atoms with van der Waals surface area (Å²) in [6.45, 7) is 5.27. The molecule has 0 spiro atoms. The van der Waals surface area contributed by atoms with Gasteiger partial charge in [-0.15, -0.1) is 0 Å². The zero-order valence-electron chi connectivity index (χ0n) is 5.96. The minimum Gasteiger partial charge on any atom is -0.228 e. The van der Waals surface area contributed by atoms with Gasteiger partial charge in [0.05, 0.1) is 5.25 Å². The van der Waals surface area contributed by atoms with Crippen LogP contribution >= 0.6 is 0 Å². The molecule has 0 aliphatic heterocycles. The van der Waals surface area contributed by atoms with Crippen molar-refractivity contribution >= 4 is 10.0 Å². The van der Waals surface area contributed by atoms with E-state index >= 15 is 0 Å². The predicted octanol–water partition coefficient (Wildman–Crippen LogP) is 0.319. The number of sulfonamides is 1. The lowest BCUT2D eigenvalue weighted by Gasteiger charge is -2.11. The molecule has 9 heavy (non-hydrogen) atoms. The van der Waals surface area contributed by atoms with E-state index in [0.29, 0.717) is 0 Å². The topological polar surface area (TPSA) is 60.2 Å². The summed E-state index contributed by atoms with van der Waals surface area (Å²) < 4.78 is 21.1. The number of nitrogens with two attached hydrogens (primary N) is 1. The van der Waals surface area contributed by atoms with E-state index in [0.717, 1.165) is 0 Å². The fraction of sp³-hybridized carbons (Fsp3) is 1.00. The summed E-state index contributed by atoms with van der Waals surface area (Å²) in [4.78, 5) is 0. The molecule has 3 nitrogen and oxygen atoms in total. The molecular formula is C5H13NO2S. The summed E-state index contributed by atoms with van der Waals surface area (Å²) in [5.74, 6) is 0.0972. The molecule has 0 amide bonds. The first kappa shape index (κ1) is 8.91. The van der Waals surface area contributed by atoms with E-state index in [1.807, 2.05) is 13.8 Å². The van der Waals surface area contributed by atoms with Crippen molar-refractivity contribution in [2.75, 3.05) is 0 Å². The van der Waals surface area contributed by atoms with Crippen LogP contribution in [0.3, 0.4) is 0 Å². The van der Waals surface area contributed by atoms with Gasteiger partial charge < -0.3 is 0 Å². The summed E-state index contributed by atoms with van der Waals surface area (Å²) in [7, 11) is -3.30.